The topological polar surface area (TPSA) is 38.0 Å². The molecule has 0 fully saturated rings. The van der Waals surface area contributed by atoms with Gasteiger partial charge in [0.1, 0.15) is 0 Å². The van der Waals surface area contributed by atoms with Crippen molar-refractivity contribution in [3.05, 3.63) is 29.8 Å². The Morgan fingerprint density at radius 1 is 1.29 bits per heavy atom. The van der Waals surface area contributed by atoms with E-state index in [4.69, 9.17) is 5.73 Å². The van der Waals surface area contributed by atoms with Gasteiger partial charge in [-0.3, -0.25) is 0 Å². The van der Waals surface area contributed by atoms with Crippen molar-refractivity contribution >= 4 is 5.69 Å². The molecule has 78 valence electrons. The molecule has 2 heteroatoms. The van der Waals surface area contributed by atoms with Crippen LogP contribution in [-0.2, 0) is 6.54 Å². The lowest BCUT2D eigenvalue weighted by atomic mass is 10.1. The Kier molecular flexibility index (Phi) is 4.47. The van der Waals surface area contributed by atoms with E-state index in [-0.39, 0.29) is 0 Å². The Bertz CT molecular complexity index is 254. The third-order valence-electron chi connectivity index (χ3n) is 2.32. The first-order valence-electron chi connectivity index (χ1n) is 5.31. The summed E-state index contributed by atoms with van der Waals surface area (Å²) in [5, 5.41) is 3.45. The van der Waals surface area contributed by atoms with E-state index < -0.39 is 0 Å². The molecule has 1 aromatic rings. The van der Waals surface area contributed by atoms with E-state index in [0.29, 0.717) is 12.6 Å². The Morgan fingerprint density at radius 3 is 2.43 bits per heavy atom. The number of nitrogens with one attached hydrogen (secondary N) is 1. The molecule has 0 amide bonds. The molecule has 3 N–H and O–H groups in total. The van der Waals surface area contributed by atoms with Crippen molar-refractivity contribution in [2.45, 2.75) is 39.3 Å². The standard InChI is InChI=1S/C12H20N2/c1-3-4-10(2)14-12-7-5-11(9-13)6-8-12/h5-8,10,14H,3-4,9,13H2,1-2H3. The normalized spacial score (nSPS) is 12.5. The predicted molar refractivity (Wildman–Crippen MR) is 62.3 cm³/mol. The van der Waals surface area contributed by atoms with Crippen LogP contribution in [0.25, 0.3) is 0 Å². The molecule has 0 aliphatic rings. The number of anilines is 1. The second-order valence-electron chi connectivity index (χ2n) is 3.74. The fourth-order valence-corrected chi connectivity index (χ4v) is 1.53. The fraction of sp³-hybridized carbons (Fsp3) is 0.500. The molecule has 0 aliphatic carbocycles. The first kappa shape index (κ1) is 11.1. The molecule has 0 saturated carbocycles. The van der Waals surface area contributed by atoms with Gasteiger partial charge in [0.25, 0.3) is 0 Å². The number of nitrogens with two attached hydrogens (primary N) is 1. The predicted octanol–water partition coefficient (Wildman–Crippen LogP) is 2.75. The summed E-state index contributed by atoms with van der Waals surface area (Å²) in [6, 6.07) is 8.87. The summed E-state index contributed by atoms with van der Waals surface area (Å²) in [5.41, 5.74) is 7.89. The van der Waals surface area contributed by atoms with E-state index in [2.05, 4.69) is 43.4 Å². The van der Waals surface area contributed by atoms with Gasteiger partial charge < -0.3 is 11.1 Å². The van der Waals surface area contributed by atoms with Gasteiger partial charge in [-0.1, -0.05) is 25.5 Å². The molecule has 0 spiro atoms. The van der Waals surface area contributed by atoms with E-state index >= 15 is 0 Å². The molecular formula is C12H20N2. The molecule has 0 bridgehead atoms. The number of rotatable bonds is 5. The second kappa shape index (κ2) is 5.66. The van der Waals surface area contributed by atoms with Crippen molar-refractivity contribution in [3.8, 4) is 0 Å². The zero-order valence-corrected chi connectivity index (χ0v) is 9.09. The molecule has 1 atom stereocenters. The van der Waals surface area contributed by atoms with Crippen molar-refractivity contribution in [3.63, 3.8) is 0 Å². The van der Waals surface area contributed by atoms with E-state index in [1.54, 1.807) is 0 Å². The van der Waals surface area contributed by atoms with Crippen LogP contribution in [0.4, 0.5) is 5.69 Å². The quantitative estimate of drug-likeness (QED) is 0.752. The molecule has 1 aromatic carbocycles. The Labute approximate surface area is 86.5 Å². The molecule has 0 heterocycles. The van der Waals surface area contributed by atoms with Crippen LogP contribution in [0.2, 0.25) is 0 Å². The molecule has 0 radical (unpaired) electrons. The van der Waals surface area contributed by atoms with Crippen LogP contribution in [-0.4, -0.2) is 6.04 Å². The summed E-state index contributed by atoms with van der Waals surface area (Å²) < 4.78 is 0. The SMILES string of the molecule is CCCC(C)Nc1ccc(CN)cc1. The monoisotopic (exact) mass is 192 g/mol. The van der Waals surface area contributed by atoms with Crippen molar-refractivity contribution in [1.82, 2.24) is 0 Å². The highest BCUT2D eigenvalue weighted by Crippen LogP contribution is 2.11. The highest BCUT2D eigenvalue weighted by atomic mass is 14.9. The number of hydrogen-bond donors (Lipinski definition) is 2. The molecule has 2 nitrogen and oxygen atoms in total. The maximum atomic E-state index is 5.53. The molecular weight excluding hydrogens is 172 g/mol. The van der Waals surface area contributed by atoms with Gasteiger partial charge in [0.15, 0.2) is 0 Å². The van der Waals surface area contributed by atoms with Crippen LogP contribution in [0.5, 0.6) is 0 Å². The van der Waals surface area contributed by atoms with E-state index in [9.17, 15) is 0 Å². The van der Waals surface area contributed by atoms with Gasteiger partial charge in [0.05, 0.1) is 0 Å². The Balaban J connectivity index is 2.50. The van der Waals surface area contributed by atoms with Gasteiger partial charge in [-0.15, -0.1) is 0 Å². The van der Waals surface area contributed by atoms with Crippen molar-refractivity contribution in [2.75, 3.05) is 5.32 Å². The van der Waals surface area contributed by atoms with Crippen molar-refractivity contribution in [1.29, 1.82) is 0 Å². The van der Waals surface area contributed by atoms with Gasteiger partial charge in [-0.05, 0) is 31.0 Å². The minimum Gasteiger partial charge on any atom is -0.383 e. The lowest BCUT2D eigenvalue weighted by molar-refractivity contribution is 0.690. The fourth-order valence-electron chi connectivity index (χ4n) is 1.53. The molecule has 0 aromatic heterocycles. The summed E-state index contributed by atoms with van der Waals surface area (Å²) >= 11 is 0. The smallest absolute Gasteiger partial charge is 0.0342 e. The van der Waals surface area contributed by atoms with Crippen LogP contribution in [0, 0.1) is 0 Å². The van der Waals surface area contributed by atoms with E-state index in [1.807, 2.05) is 0 Å². The van der Waals surface area contributed by atoms with Crippen molar-refractivity contribution in [2.24, 2.45) is 5.73 Å². The number of benzene rings is 1. The van der Waals surface area contributed by atoms with Gasteiger partial charge in [0, 0.05) is 18.3 Å². The van der Waals surface area contributed by atoms with Crippen LogP contribution in [0.3, 0.4) is 0 Å². The third-order valence-corrected chi connectivity index (χ3v) is 2.32. The largest absolute Gasteiger partial charge is 0.383 e. The zero-order valence-electron chi connectivity index (χ0n) is 9.09. The maximum Gasteiger partial charge on any atom is 0.0342 e. The minimum atomic E-state index is 0.545. The van der Waals surface area contributed by atoms with Crippen LogP contribution < -0.4 is 11.1 Å². The van der Waals surface area contributed by atoms with Gasteiger partial charge in [0.2, 0.25) is 0 Å². The maximum absolute atomic E-state index is 5.53. The summed E-state index contributed by atoms with van der Waals surface area (Å²) in [7, 11) is 0. The summed E-state index contributed by atoms with van der Waals surface area (Å²) in [4.78, 5) is 0. The van der Waals surface area contributed by atoms with Crippen LogP contribution in [0.1, 0.15) is 32.3 Å². The van der Waals surface area contributed by atoms with Gasteiger partial charge in [-0.25, -0.2) is 0 Å². The van der Waals surface area contributed by atoms with Crippen molar-refractivity contribution < 1.29 is 0 Å². The first-order valence-corrected chi connectivity index (χ1v) is 5.31. The lowest BCUT2D eigenvalue weighted by Crippen LogP contribution is -2.14. The summed E-state index contributed by atoms with van der Waals surface area (Å²) in [6.45, 7) is 5.03. The Morgan fingerprint density at radius 2 is 1.93 bits per heavy atom. The van der Waals surface area contributed by atoms with Crippen LogP contribution >= 0.6 is 0 Å². The average molecular weight is 192 g/mol. The van der Waals surface area contributed by atoms with E-state index in [0.717, 1.165) is 0 Å². The molecule has 0 aliphatic heterocycles. The molecule has 0 saturated heterocycles. The minimum absolute atomic E-state index is 0.545. The van der Waals surface area contributed by atoms with Crippen LogP contribution in [0.15, 0.2) is 24.3 Å². The molecule has 1 unspecified atom stereocenters. The Hall–Kier alpha value is -1.02. The summed E-state index contributed by atoms with van der Waals surface area (Å²) in [5.74, 6) is 0. The highest BCUT2D eigenvalue weighted by molar-refractivity contribution is 5.45. The zero-order chi connectivity index (χ0) is 10.4. The first-order chi connectivity index (χ1) is 6.76. The third kappa shape index (κ3) is 3.38. The van der Waals surface area contributed by atoms with Gasteiger partial charge in [-0.2, -0.15) is 0 Å². The highest BCUT2D eigenvalue weighted by Gasteiger charge is 1.99. The lowest BCUT2D eigenvalue weighted by Gasteiger charge is -2.14. The second-order valence-corrected chi connectivity index (χ2v) is 3.74. The van der Waals surface area contributed by atoms with Gasteiger partial charge >= 0.3 is 0 Å². The molecule has 1 rings (SSSR count). The average Bonchev–Trinajstić information content (AvgIpc) is 2.19. The summed E-state index contributed by atoms with van der Waals surface area (Å²) in [6.07, 6.45) is 2.42. The number of hydrogen-bond acceptors (Lipinski definition) is 2. The van der Waals surface area contributed by atoms with E-state index in [1.165, 1.54) is 24.1 Å². The molecule has 14 heavy (non-hydrogen) atoms.